The molecule has 0 bridgehead atoms. The number of nitrogen functional groups attached to an aromatic ring is 1. The van der Waals surface area contributed by atoms with Crippen molar-refractivity contribution in [2.45, 2.75) is 25.8 Å². The molecule has 94 valence electrons. The summed E-state index contributed by atoms with van der Waals surface area (Å²) in [5.41, 5.74) is 6.36. The van der Waals surface area contributed by atoms with Crippen LogP contribution in [0.15, 0.2) is 11.1 Å². The number of aromatic nitrogens is 2. The second kappa shape index (κ2) is 6.44. The first-order valence-corrected chi connectivity index (χ1v) is 6.57. The summed E-state index contributed by atoms with van der Waals surface area (Å²) in [5.74, 6) is 0.759. The van der Waals surface area contributed by atoms with Gasteiger partial charge in [-0.25, -0.2) is 9.97 Å². The van der Waals surface area contributed by atoms with E-state index in [1.807, 2.05) is 26.8 Å². The van der Waals surface area contributed by atoms with Crippen LogP contribution in [0.4, 0.5) is 5.95 Å². The molecule has 0 radical (unpaired) electrons. The van der Waals surface area contributed by atoms with Crippen molar-refractivity contribution in [3.8, 4) is 0 Å². The third-order valence-corrected chi connectivity index (χ3v) is 3.20. The van der Waals surface area contributed by atoms with Crippen molar-refractivity contribution in [2.24, 2.45) is 0 Å². The second-order valence-electron chi connectivity index (χ2n) is 3.56. The zero-order valence-electron chi connectivity index (χ0n) is 10.4. The summed E-state index contributed by atoms with van der Waals surface area (Å²) in [6, 6.07) is 1.83. The average molecular weight is 254 g/mol. The van der Waals surface area contributed by atoms with E-state index in [2.05, 4.69) is 9.97 Å². The summed E-state index contributed by atoms with van der Waals surface area (Å²) >= 11 is 1.39. The van der Waals surface area contributed by atoms with E-state index < -0.39 is 0 Å². The van der Waals surface area contributed by atoms with Crippen molar-refractivity contribution in [1.29, 1.82) is 0 Å². The fourth-order valence-electron chi connectivity index (χ4n) is 1.44. The molecule has 1 aromatic heterocycles. The number of anilines is 1. The fourth-order valence-corrected chi connectivity index (χ4v) is 2.30. The van der Waals surface area contributed by atoms with Gasteiger partial charge in [-0.2, -0.15) is 0 Å². The molecule has 0 aliphatic rings. The minimum absolute atomic E-state index is 0.120. The molecule has 5 nitrogen and oxygen atoms in total. The Hall–Kier alpha value is -1.30. The molecule has 6 heteroatoms. The van der Waals surface area contributed by atoms with Crippen LogP contribution in [0.25, 0.3) is 0 Å². The smallest absolute Gasteiger partial charge is 0.232 e. The summed E-state index contributed by atoms with van der Waals surface area (Å²) in [6.07, 6.45) is 0. The van der Waals surface area contributed by atoms with Crippen LogP contribution in [-0.4, -0.2) is 39.6 Å². The lowest BCUT2D eigenvalue weighted by molar-refractivity contribution is -0.127. The molecule has 0 saturated carbocycles. The topological polar surface area (TPSA) is 72.1 Å². The molecule has 0 unspecified atom stereocenters. The van der Waals surface area contributed by atoms with Crippen LogP contribution in [0.2, 0.25) is 0 Å². The Morgan fingerprint density at radius 1 is 1.41 bits per heavy atom. The molecular formula is C11H18N4OS. The largest absolute Gasteiger partial charge is 0.368 e. The number of carbonyl (C=O) groups is 1. The van der Waals surface area contributed by atoms with E-state index in [1.165, 1.54) is 11.8 Å². The van der Waals surface area contributed by atoms with Crippen LogP contribution in [0.3, 0.4) is 0 Å². The third-order valence-electron chi connectivity index (χ3n) is 2.31. The van der Waals surface area contributed by atoms with Gasteiger partial charge in [-0.3, -0.25) is 4.79 Å². The van der Waals surface area contributed by atoms with Crippen LogP contribution in [0, 0.1) is 6.92 Å². The highest BCUT2D eigenvalue weighted by Crippen LogP contribution is 2.17. The lowest BCUT2D eigenvalue weighted by Gasteiger charge is -2.17. The summed E-state index contributed by atoms with van der Waals surface area (Å²) in [5, 5.41) is 0.746. The highest BCUT2D eigenvalue weighted by molar-refractivity contribution is 7.99. The van der Waals surface area contributed by atoms with E-state index in [0.717, 1.165) is 23.8 Å². The number of hydrogen-bond donors (Lipinski definition) is 1. The monoisotopic (exact) mass is 254 g/mol. The van der Waals surface area contributed by atoms with Crippen molar-refractivity contribution in [3.05, 3.63) is 11.8 Å². The van der Waals surface area contributed by atoms with Gasteiger partial charge in [0.05, 0.1) is 5.75 Å². The van der Waals surface area contributed by atoms with Gasteiger partial charge in [-0.15, -0.1) is 0 Å². The van der Waals surface area contributed by atoms with Gasteiger partial charge in [0.1, 0.15) is 5.03 Å². The van der Waals surface area contributed by atoms with Gasteiger partial charge in [0, 0.05) is 18.8 Å². The van der Waals surface area contributed by atoms with E-state index in [4.69, 9.17) is 5.73 Å². The highest BCUT2D eigenvalue weighted by Gasteiger charge is 2.10. The Labute approximate surface area is 106 Å². The number of thioether (sulfide) groups is 1. The number of hydrogen-bond acceptors (Lipinski definition) is 5. The second-order valence-corrected chi connectivity index (χ2v) is 4.56. The van der Waals surface area contributed by atoms with Gasteiger partial charge in [-0.05, 0) is 26.8 Å². The van der Waals surface area contributed by atoms with E-state index in [0.29, 0.717) is 5.75 Å². The van der Waals surface area contributed by atoms with Crippen molar-refractivity contribution in [1.82, 2.24) is 14.9 Å². The van der Waals surface area contributed by atoms with Gasteiger partial charge in [-0.1, -0.05) is 11.8 Å². The molecule has 0 aliphatic heterocycles. The van der Waals surface area contributed by atoms with Crippen LogP contribution in [0.5, 0.6) is 0 Å². The number of nitrogens with two attached hydrogens (primary N) is 1. The molecule has 1 heterocycles. The molecule has 2 N–H and O–H groups in total. The normalized spacial score (nSPS) is 10.3. The number of nitrogens with zero attached hydrogens (tertiary/aromatic N) is 3. The summed E-state index contributed by atoms with van der Waals surface area (Å²) in [6.45, 7) is 7.27. The highest BCUT2D eigenvalue weighted by atomic mass is 32.2. The molecule has 0 saturated heterocycles. The van der Waals surface area contributed by atoms with Crippen LogP contribution in [-0.2, 0) is 4.79 Å². The first kappa shape index (κ1) is 13.8. The van der Waals surface area contributed by atoms with Crippen molar-refractivity contribution >= 4 is 23.6 Å². The molecule has 0 fully saturated rings. The summed E-state index contributed by atoms with van der Waals surface area (Å²) in [4.78, 5) is 21.6. The predicted octanol–water partition coefficient (Wildman–Crippen LogP) is 1.33. The van der Waals surface area contributed by atoms with Crippen molar-refractivity contribution < 1.29 is 4.79 Å². The molecule has 0 aliphatic carbocycles. The maximum Gasteiger partial charge on any atom is 0.232 e. The summed E-state index contributed by atoms with van der Waals surface area (Å²) < 4.78 is 0. The van der Waals surface area contributed by atoms with E-state index >= 15 is 0 Å². The lowest BCUT2D eigenvalue weighted by atomic mass is 10.5. The Balaban J connectivity index is 2.58. The van der Waals surface area contributed by atoms with Crippen molar-refractivity contribution in [2.75, 3.05) is 24.6 Å². The summed E-state index contributed by atoms with van der Waals surface area (Å²) in [7, 11) is 0. The SMILES string of the molecule is CCN(CC)C(=O)CSc1cc(C)nc(N)n1. The van der Waals surface area contributed by atoms with Gasteiger partial charge in [0.25, 0.3) is 0 Å². The van der Waals surface area contributed by atoms with Gasteiger partial charge >= 0.3 is 0 Å². The molecule has 1 aromatic rings. The predicted molar refractivity (Wildman–Crippen MR) is 69.8 cm³/mol. The van der Waals surface area contributed by atoms with E-state index in [-0.39, 0.29) is 11.9 Å². The average Bonchev–Trinajstić information content (AvgIpc) is 2.27. The fraction of sp³-hybridized carbons (Fsp3) is 0.545. The van der Waals surface area contributed by atoms with E-state index in [1.54, 1.807) is 4.90 Å². The van der Waals surface area contributed by atoms with Gasteiger partial charge in [0.2, 0.25) is 11.9 Å². The first-order valence-electron chi connectivity index (χ1n) is 5.58. The number of aryl methyl sites for hydroxylation is 1. The van der Waals surface area contributed by atoms with Crippen LogP contribution < -0.4 is 5.73 Å². The quantitative estimate of drug-likeness (QED) is 0.634. The first-order chi connectivity index (χ1) is 8.06. The zero-order chi connectivity index (χ0) is 12.8. The Morgan fingerprint density at radius 2 is 2.06 bits per heavy atom. The molecule has 0 aromatic carbocycles. The lowest BCUT2D eigenvalue weighted by Crippen LogP contribution is -2.31. The number of rotatable bonds is 5. The molecule has 1 amide bonds. The number of carbonyl (C=O) groups excluding carboxylic acids is 1. The molecule has 0 spiro atoms. The van der Waals surface area contributed by atoms with Crippen molar-refractivity contribution in [3.63, 3.8) is 0 Å². The third kappa shape index (κ3) is 4.22. The van der Waals surface area contributed by atoms with E-state index in [9.17, 15) is 4.79 Å². The van der Waals surface area contributed by atoms with Crippen LogP contribution >= 0.6 is 11.8 Å². The maximum absolute atomic E-state index is 11.8. The molecule has 17 heavy (non-hydrogen) atoms. The minimum atomic E-state index is 0.120. The standard InChI is InChI=1S/C11H18N4OS/c1-4-15(5-2)10(16)7-17-9-6-8(3)13-11(12)14-9/h6H,4-5,7H2,1-3H3,(H2,12,13,14). The maximum atomic E-state index is 11.8. The van der Waals surface area contributed by atoms with Gasteiger partial charge < -0.3 is 10.6 Å². The zero-order valence-corrected chi connectivity index (χ0v) is 11.3. The molecular weight excluding hydrogens is 236 g/mol. The molecule has 1 rings (SSSR count). The Kier molecular flexibility index (Phi) is 5.21. The Bertz CT molecular complexity index is 373. The minimum Gasteiger partial charge on any atom is -0.368 e. The van der Waals surface area contributed by atoms with Gasteiger partial charge in [0.15, 0.2) is 0 Å². The molecule has 0 atom stereocenters. The van der Waals surface area contributed by atoms with Crippen LogP contribution in [0.1, 0.15) is 19.5 Å². The number of amides is 1. The Morgan fingerprint density at radius 3 is 2.59 bits per heavy atom.